The molecule has 1 aliphatic rings. The van der Waals surface area contributed by atoms with Crippen molar-refractivity contribution in [2.24, 2.45) is 5.92 Å². The summed E-state index contributed by atoms with van der Waals surface area (Å²) in [7, 11) is 0. The van der Waals surface area contributed by atoms with E-state index in [0.717, 1.165) is 35.8 Å². The molecule has 1 aromatic rings. The number of rotatable bonds is 6. The number of hydrogen-bond donors (Lipinski definition) is 1. The lowest BCUT2D eigenvalue weighted by molar-refractivity contribution is 0.130. The van der Waals surface area contributed by atoms with Gasteiger partial charge in [0.25, 0.3) is 0 Å². The number of hydrogen-bond acceptors (Lipinski definition) is 2. The van der Waals surface area contributed by atoms with Crippen molar-refractivity contribution in [2.45, 2.75) is 45.6 Å². The molecule has 1 heterocycles. The van der Waals surface area contributed by atoms with Gasteiger partial charge in [0.1, 0.15) is 11.9 Å². The Hall–Kier alpha value is -0.730. The zero-order valence-electron chi connectivity index (χ0n) is 11.9. The van der Waals surface area contributed by atoms with Crippen molar-refractivity contribution in [3.63, 3.8) is 0 Å². The largest absolute Gasteiger partial charge is 0.490 e. The molecule has 106 valence electrons. The van der Waals surface area contributed by atoms with Crippen LogP contribution >= 0.6 is 11.6 Å². The molecular weight excluding hydrogens is 258 g/mol. The lowest BCUT2D eigenvalue weighted by atomic mass is 9.96. The highest BCUT2D eigenvalue weighted by Gasteiger charge is 2.26. The fourth-order valence-electron chi connectivity index (χ4n) is 2.70. The molecule has 2 rings (SSSR count). The SMILES string of the molecule is CCCC[C@@H](Oc1ccc(Cl)cc1C)C1CCNC1. The van der Waals surface area contributed by atoms with Gasteiger partial charge in [0, 0.05) is 17.5 Å². The summed E-state index contributed by atoms with van der Waals surface area (Å²) < 4.78 is 6.29. The summed E-state index contributed by atoms with van der Waals surface area (Å²) in [5, 5.41) is 4.21. The van der Waals surface area contributed by atoms with Gasteiger partial charge in [-0.1, -0.05) is 31.4 Å². The zero-order chi connectivity index (χ0) is 13.7. The molecule has 1 unspecified atom stereocenters. The van der Waals surface area contributed by atoms with Gasteiger partial charge >= 0.3 is 0 Å². The van der Waals surface area contributed by atoms with E-state index in [1.165, 1.54) is 19.3 Å². The van der Waals surface area contributed by atoms with Crippen LogP contribution in [0.25, 0.3) is 0 Å². The van der Waals surface area contributed by atoms with Gasteiger partial charge in [-0.2, -0.15) is 0 Å². The first-order valence-corrected chi connectivity index (χ1v) is 7.72. The summed E-state index contributed by atoms with van der Waals surface area (Å²) in [6.07, 6.45) is 5.15. The van der Waals surface area contributed by atoms with Gasteiger partial charge in [-0.3, -0.25) is 0 Å². The lowest BCUT2D eigenvalue weighted by Crippen LogP contribution is -2.29. The molecule has 1 saturated heterocycles. The summed E-state index contributed by atoms with van der Waals surface area (Å²) in [5.41, 5.74) is 1.12. The maximum Gasteiger partial charge on any atom is 0.122 e. The Labute approximate surface area is 121 Å². The fourth-order valence-corrected chi connectivity index (χ4v) is 2.93. The topological polar surface area (TPSA) is 21.3 Å². The molecule has 0 spiro atoms. The van der Waals surface area contributed by atoms with E-state index in [0.29, 0.717) is 12.0 Å². The standard InChI is InChI=1S/C16H24ClNO/c1-3-4-5-16(13-8-9-18-11-13)19-15-7-6-14(17)10-12(15)2/h6-7,10,13,16,18H,3-5,8-9,11H2,1-2H3/t13?,16-/m1/s1. The first-order chi connectivity index (χ1) is 9.20. The molecule has 0 amide bonds. The summed E-state index contributed by atoms with van der Waals surface area (Å²) >= 11 is 6.00. The summed E-state index contributed by atoms with van der Waals surface area (Å²) in [4.78, 5) is 0. The van der Waals surface area contributed by atoms with Crippen LogP contribution in [0.4, 0.5) is 0 Å². The van der Waals surface area contributed by atoms with Gasteiger partial charge in [0.2, 0.25) is 0 Å². The van der Waals surface area contributed by atoms with Crippen molar-refractivity contribution in [1.82, 2.24) is 5.32 Å². The molecule has 19 heavy (non-hydrogen) atoms. The molecule has 1 aliphatic heterocycles. The van der Waals surface area contributed by atoms with E-state index in [1.54, 1.807) is 0 Å². The van der Waals surface area contributed by atoms with Crippen molar-refractivity contribution >= 4 is 11.6 Å². The van der Waals surface area contributed by atoms with Crippen LogP contribution in [0.1, 0.15) is 38.2 Å². The molecular formula is C16H24ClNO. The predicted molar refractivity (Wildman–Crippen MR) is 81.1 cm³/mol. The van der Waals surface area contributed by atoms with E-state index >= 15 is 0 Å². The average molecular weight is 282 g/mol. The highest BCUT2D eigenvalue weighted by atomic mass is 35.5. The minimum atomic E-state index is 0.329. The van der Waals surface area contributed by atoms with Crippen molar-refractivity contribution in [3.8, 4) is 5.75 Å². The number of ether oxygens (including phenoxy) is 1. The van der Waals surface area contributed by atoms with Crippen LogP contribution in [0.5, 0.6) is 5.75 Å². The second-order valence-electron chi connectivity index (χ2n) is 5.46. The van der Waals surface area contributed by atoms with Crippen LogP contribution in [0.3, 0.4) is 0 Å². The van der Waals surface area contributed by atoms with E-state index in [9.17, 15) is 0 Å². The van der Waals surface area contributed by atoms with Crippen molar-refractivity contribution < 1.29 is 4.74 Å². The average Bonchev–Trinajstić information content (AvgIpc) is 2.90. The normalized spacial score (nSPS) is 20.5. The van der Waals surface area contributed by atoms with Crippen molar-refractivity contribution in [1.29, 1.82) is 0 Å². The molecule has 0 aromatic heterocycles. The molecule has 0 radical (unpaired) electrons. The van der Waals surface area contributed by atoms with E-state index < -0.39 is 0 Å². The molecule has 2 atom stereocenters. The Balaban J connectivity index is 2.05. The Kier molecular flexibility index (Phi) is 5.53. The van der Waals surface area contributed by atoms with E-state index in [2.05, 4.69) is 19.2 Å². The van der Waals surface area contributed by atoms with Gasteiger partial charge < -0.3 is 10.1 Å². The summed E-state index contributed by atoms with van der Waals surface area (Å²) in [6.45, 7) is 6.50. The number of nitrogens with one attached hydrogen (secondary N) is 1. The fraction of sp³-hybridized carbons (Fsp3) is 0.625. The monoisotopic (exact) mass is 281 g/mol. The van der Waals surface area contributed by atoms with Crippen LogP contribution in [0.2, 0.25) is 5.02 Å². The minimum absolute atomic E-state index is 0.329. The Morgan fingerprint density at radius 1 is 1.47 bits per heavy atom. The zero-order valence-corrected chi connectivity index (χ0v) is 12.7. The number of halogens is 1. The van der Waals surface area contributed by atoms with Crippen LogP contribution in [0.15, 0.2) is 18.2 Å². The Morgan fingerprint density at radius 2 is 2.32 bits per heavy atom. The van der Waals surface area contributed by atoms with Gasteiger partial charge in [0.15, 0.2) is 0 Å². The van der Waals surface area contributed by atoms with Crippen LogP contribution in [-0.2, 0) is 0 Å². The van der Waals surface area contributed by atoms with Gasteiger partial charge in [-0.25, -0.2) is 0 Å². The molecule has 0 saturated carbocycles. The molecule has 2 nitrogen and oxygen atoms in total. The first kappa shape index (κ1) is 14.7. The highest BCUT2D eigenvalue weighted by molar-refractivity contribution is 6.30. The van der Waals surface area contributed by atoms with Crippen LogP contribution in [0, 0.1) is 12.8 Å². The third-order valence-electron chi connectivity index (χ3n) is 3.88. The van der Waals surface area contributed by atoms with Gasteiger partial charge in [0.05, 0.1) is 0 Å². The molecule has 1 fully saturated rings. The smallest absolute Gasteiger partial charge is 0.122 e. The molecule has 1 N–H and O–H groups in total. The molecule has 1 aromatic carbocycles. The quantitative estimate of drug-likeness (QED) is 0.844. The Morgan fingerprint density at radius 3 is 2.95 bits per heavy atom. The number of unbranched alkanes of at least 4 members (excludes halogenated alkanes) is 1. The van der Waals surface area contributed by atoms with Crippen molar-refractivity contribution in [2.75, 3.05) is 13.1 Å². The number of benzene rings is 1. The van der Waals surface area contributed by atoms with Gasteiger partial charge in [-0.15, -0.1) is 0 Å². The Bertz CT molecular complexity index is 402. The molecule has 0 aliphatic carbocycles. The third-order valence-corrected chi connectivity index (χ3v) is 4.12. The first-order valence-electron chi connectivity index (χ1n) is 7.34. The second kappa shape index (κ2) is 7.16. The molecule has 3 heteroatoms. The maximum atomic E-state index is 6.29. The number of aryl methyl sites for hydroxylation is 1. The molecule has 0 bridgehead atoms. The van der Waals surface area contributed by atoms with E-state index in [1.807, 2.05) is 18.2 Å². The second-order valence-corrected chi connectivity index (χ2v) is 5.90. The third kappa shape index (κ3) is 4.12. The highest BCUT2D eigenvalue weighted by Crippen LogP contribution is 2.27. The van der Waals surface area contributed by atoms with Crippen molar-refractivity contribution in [3.05, 3.63) is 28.8 Å². The minimum Gasteiger partial charge on any atom is -0.490 e. The van der Waals surface area contributed by atoms with E-state index in [-0.39, 0.29) is 0 Å². The maximum absolute atomic E-state index is 6.29. The van der Waals surface area contributed by atoms with Crippen LogP contribution < -0.4 is 10.1 Å². The summed E-state index contributed by atoms with van der Waals surface area (Å²) in [6, 6.07) is 5.88. The lowest BCUT2D eigenvalue weighted by Gasteiger charge is -2.25. The van der Waals surface area contributed by atoms with Crippen LogP contribution in [-0.4, -0.2) is 19.2 Å². The summed E-state index contributed by atoms with van der Waals surface area (Å²) in [5.74, 6) is 1.62. The van der Waals surface area contributed by atoms with Gasteiger partial charge in [-0.05, 0) is 50.1 Å². The van der Waals surface area contributed by atoms with E-state index in [4.69, 9.17) is 16.3 Å². The predicted octanol–water partition coefficient (Wildman–Crippen LogP) is 4.20.